The number of amides is 1. The highest BCUT2D eigenvalue weighted by atomic mass is 35.5. The molecule has 0 radical (unpaired) electrons. The molecule has 2 aromatic rings. The number of nitrogens with one attached hydrogen (secondary N) is 1. The number of hydrogen-bond donors (Lipinski definition) is 2. The molecule has 2 rings (SSSR count). The molecule has 1 amide bonds. The summed E-state index contributed by atoms with van der Waals surface area (Å²) in [4.78, 5) is 12.0. The number of nitrogen functional groups attached to an aromatic ring is 1. The lowest BCUT2D eigenvalue weighted by atomic mass is 10.1. The SMILES string of the molecule is Cc1cc(N)cc(C(=O)NCCc2cccc(Cl)c2)c1F. The zero-order valence-corrected chi connectivity index (χ0v) is 12.4. The van der Waals surface area contributed by atoms with Crippen molar-refractivity contribution in [3.05, 3.63) is 63.9 Å². The number of rotatable bonds is 4. The van der Waals surface area contributed by atoms with E-state index < -0.39 is 11.7 Å². The van der Waals surface area contributed by atoms with E-state index in [4.69, 9.17) is 17.3 Å². The molecule has 0 bridgehead atoms. The summed E-state index contributed by atoms with van der Waals surface area (Å²) in [6, 6.07) is 10.2. The Morgan fingerprint density at radius 2 is 2.10 bits per heavy atom. The third kappa shape index (κ3) is 3.95. The Balaban J connectivity index is 1.99. The second-order valence-electron chi connectivity index (χ2n) is 4.84. The first-order chi connectivity index (χ1) is 9.97. The molecule has 0 aliphatic carbocycles. The second kappa shape index (κ2) is 6.59. The number of aryl methyl sites for hydroxylation is 1. The summed E-state index contributed by atoms with van der Waals surface area (Å²) in [7, 11) is 0. The van der Waals surface area contributed by atoms with Crippen molar-refractivity contribution >= 4 is 23.2 Å². The molecular weight excluding hydrogens is 291 g/mol. The summed E-state index contributed by atoms with van der Waals surface area (Å²) in [6.07, 6.45) is 0.620. The van der Waals surface area contributed by atoms with Gasteiger partial charge in [-0.15, -0.1) is 0 Å². The number of halogens is 2. The van der Waals surface area contributed by atoms with Gasteiger partial charge in [-0.3, -0.25) is 4.79 Å². The fourth-order valence-electron chi connectivity index (χ4n) is 2.07. The van der Waals surface area contributed by atoms with Crippen molar-refractivity contribution in [3.63, 3.8) is 0 Å². The van der Waals surface area contributed by atoms with E-state index in [1.807, 2.05) is 18.2 Å². The van der Waals surface area contributed by atoms with Gasteiger partial charge in [0, 0.05) is 17.3 Å². The molecule has 0 saturated carbocycles. The van der Waals surface area contributed by atoms with Gasteiger partial charge < -0.3 is 11.1 Å². The largest absolute Gasteiger partial charge is 0.399 e. The first kappa shape index (κ1) is 15.3. The van der Waals surface area contributed by atoms with E-state index in [2.05, 4.69) is 5.32 Å². The van der Waals surface area contributed by atoms with Gasteiger partial charge in [0.1, 0.15) is 5.82 Å². The van der Waals surface area contributed by atoms with Crippen LogP contribution in [0.15, 0.2) is 36.4 Å². The minimum atomic E-state index is -0.538. The van der Waals surface area contributed by atoms with Crippen molar-refractivity contribution in [1.29, 1.82) is 0 Å². The molecule has 0 saturated heterocycles. The highest BCUT2D eigenvalue weighted by Crippen LogP contribution is 2.17. The first-order valence-electron chi connectivity index (χ1n) is 6.55. The normalized spacial score (nSPS) is 10.4. The summed E-state index contributed by atoms with van der Waals surface area (Å²) in [5, 5.41) is 3.33. The van der Waals surface area contributed by atoms with Gasteiger partial charge in [-0.1, -0.05) is 23.7 Å². The number of nitrogens with two attached hydrogens (primary N) is 1. The summed E-state index contributed by atoms with van der Waals surface area (Å²) in [5.41, 5.74) is 7.34. The van der Waals surface area contributed by atoms with Gasteiger partial charge in [-0.2, -0.15) is 0 Å². The minimum Gasteiger partial charge on any atom is -0.399 e. The molecule has 0 unspecified atom stereocenters. The van der Waals surface area contributed by atoms with E-state index in [1.165, 1.54) is 12.1 Å². The highest BCUT2D eigenvalue weighted by Gasteiger charge is 2.14. The van der Waals surface area contributed by atoms with Crippen LogP contribution < -0.4 is 11.1 Å². The number of carbonyl (C=O) groups is 1. The van der Waals surface area contributed by atoms with E-state index in [9.17, 15) is 9.18 Å². The molecule has 110 valence electrons. The molecule has 0 aliphatic heterocycles. The van der Waals surface area contributed by atoms with Gasteiger partial charge in [0.15, 0.2) is 0 Å². The number of hydrogen-bond acceptors (Lipinski definition) is 2. The zero-order valence-electron chi connectivity index (χ0n) is 11.6. The van der Waals surface area contributed by atoms with Crippen molar-refractivity contribution in [3.8, 4) is 0 Å². The van der Waals surface area contributed by atoms with Gasteiger partial charge >= 0.3 is 0 Å². The lowest BCUT2D eigenvalue weighted by Gasteiger charge is -2.09. The van der Waals surface area contributed by atoms with Crippen LogP contribution in [0.25, 0.3) is 0 Å². The van der Waals surface area contributed by atoms with E-state index in [0.717, 1.165) is 5.56 Å². The quantitative estimate of drug-likeness (QED) is 0.851. The van der Waals surface area contributed by atoms with Crippen LogP contribution in [0.4, 0.5) is 10.1 Å². The minimum absolute atomic E-state index is 0.0291. The van der Waals surface area contributed by atoms with Gasteiger partial charge in [-0.25, -0.2) is 4.39 Å². The molecular formula is C16H16ClFN2O. The van der Waals surface area contributed by atoms with E-state index in [1.54, 1.807) is 13.0 Å². The average molecular weight is 307 g/mol. The smallest absolute Gasteiger partial charge is 0.254 e. The Morgan fingerprint density at radius 1 is 1.33 bits per heavy atom. The van der Waals surface area contributed by atoms with E-state index in [0.29, 0.717) is 29.2 Å². The lowest BCUT2D eigenvalue weighted by Crippen LogP contribution is -2.27. The Bertz CT molecular complexity index is 673. The van der Waals surface area contributed by atoms with Gasteiger partial charge in [-0.05, 0) is 48.7 Å². The van der Waals surface area contributed by atoms with Crippen LogP contribution in [-0.2, 0) is 6.42 Å². The van der Waals surface area contributed by atoms with Crippen LogP contribution in [0.3, 0.4) is 0 Å². The average Bonchev–Trinajstić information content (AvgIpc) is 2.42. The molecule has 3 N–H and O–H groups in total. The van der Waals surface area contributed by atoms with Crippen LogP contribution in [0.2, 0.25) is 5.02 Å². The molecule has 0 heterocycles. The summed E-state index contributed by atoms with van der Waals surface area (Å²) >= 11 is 5.89. The molecule has 3 nitrogen and oxygen atoms in total. The summed E-state index contributed by atoms with van der Waals surface area (Å²) in [6.45, 7) is 1.97. The molecule has 0 aliphatic rings. The fourth-order valence-corrected chi connectivity index (χ4v) is 2.28. The molecule has 0 atom stereocenters. The fraction of sp³-hybridized carbons (Fsp3) is 0.188. The maximum absolute atomic E-state index is 13.9. The monoisotopic (exact) mass is 306 g/mol. The second-order valence-corrected chi connectivity index (χ2v) is 5.27. The number of anilines is 1. The van der Waals surface area contributed by atoms with Crippen molar-refractivity contribution in [2.24, 2.45) is 0 Å². The number of benzene rings is 2. The standard InChI is InChI=1S/C16H16ClFN2O/c1-10-7-13(19)9-14(15(10)18)16(21)20-6-5-11-3-2-4-12(17)8-11/h2-4,7-9H,5-6,19H2,1H3,(H,20,21). The predicted molar refractivity (Wildman–Crippen MR) is 83.0 cm³/mol. The molecule has 0 aromatic heterocycles. The third-order valence-electron chi connectivity index (χ3n) is 3.11. The van der Waals surface area contributed by atoms with E-state index in [-0.39, 0.29) is 5.56 Å². The van der Waals surface area contributed by atoms with Crippen molar-refractivity contribution in [2.45, 2.75) is 13.3 Å². The van der Waals surface area contributed by atoms with E-state index >= 15 is 0 Å². The Hall–Kier alpha value is -2.07. The Morgan fingerprint density at radius 3 is 2.81 bits per heavy atom. The van der Waals surface area contributed by atoms with Crippen molar-refractivity contribution < 1.29 is 9.18 Å². The first-order valence-corrected chi connectivity index (χ1v) is 6.93. The topological polar surface area (TPSA) is 55.1 Å². The van der Waals surface area contributed by atoms with Gasteiger partial charge in [0.2, 0.25) is 0 Å². The maximum atomic E-state index is 13.9. The van der Waals surface area contributed by atoms with Gasteiger partial charge in [0.25, 0.3) is 5.91 Å². The van der Waals surface area contributed by atoms with Crippen molar-refractivity contribution in [1.82, 2.24) is 5.32 Å². The molecule has 5 heteroatoms. The lowest BCUT2D eigenvalue weighted by molar-refractivity contribution is 0.0950. The van der Waals surface area contributed by atoms with Crippen LogP contribution in [0.5, 0.6) is 0 Å². The zero-order chi connectivity index (χ0) is 15.4. The number of carbonyl (C=O) groups excluding carboxylic acids is 1. The summed E-state index contributed by atoms with van der Waals surface area (Å²) < 4.78 is 13.9. The van der Waals surface area contributed by atoms with Gasteiger partial charge in [0.05, 0.1) is 5.56 Å². The summed E-state index contributed by atoms with van der Waals surface area (Å²) in [5.74, 6) is -1.01. The predicted octanol–water partition coefficient (Wildman–Crippen LogP) is 3.34. The van der Waals surface area contributed by atoms with Crippen LogP contribution >= 0.6 is 11.6 Å². The van der Waals surface area contributed by atoms with Crippen LogP contribution in [0.1, 0.15) is 21.5 Å². The Labute approximate surface area is 127 Å². The maximum Gasteiger partial charge on any atom is 0.254 e. The molecule has 0 spiro atoms. The molecule has 21 heavy (non-hydrogen) atoms. The Kier molecular flexibility index (Phi) is 4.81. The van der Waals surface area contributed by atoms with Crippen molar-refractivity contribution in [2.75, 3.05) is 12.3 Å². The third-order valence-corrected chi connectivity index (χ3v) is 3.34. The molecule has 0 fully saturated rings. The highest BCUT2D eigenvalue weighted by molar-refractivity contribution is 6.30. The van der Waals surface area contributed by atoms with Crippen LogP contribution in [-0.4, -0.2) is 12.5 Å². The molecule has 2 aromatic carbocycles. The van der Waals surface area contributed by atoms with Crippen LogP contribution in [0, 0.1) is 12.7 Å².